The van der Waals surface area contributed by atoms with Crippen molar-refractivity contribution in [3.05, 3.63) is 72.9 Å². The monoisotopic (exact) mass is 949 g/mol. The first-order chi connectivity index (χ1) is 33.5. The van der Waals surface area contributed by atoms with Crippen molar-refractivity contribution in [2.24, 2.45) is 0 Å². The van der Waals surface area contributed by atoms with Crippen LogP contribution in [0.5, 0.6) is 0 Å². The molecule has 0 saturated carbocycles. The van der Waals surface area contributed by atoms with Crippen molar-refractivity contribution >= 4 is 17.9 Å². The summed E-state index contributed by atoms with van der Waals surface area (Å²) < 4.78 is 16.8. The van der Waals surface area contributed by atoms with Crippen LogP contribution in [0.1, 0.15) is 284 Å². The Morgan fingerprint density at radius 3 is 0.941 bits per heavy atom. The van der Waals surface area contributed by atoms with E-state index in [1.165, 1.54) is 148 Å². The number of esters is 3. The van der Waals surface area contributed by atoms with Gasteiger partial charge in [-0.2, -0.15) is 0 Å². The standard InChI is InChI=1S/C62H108O6/c1-4-7-10-13-16-19-22-25-28-30-31-33-34-37-40-43-46-49-52-55-61(64)67-58-59(57-66-60(63)54-51-48-45-42-39-36-27-24-21-18-15-12-9-6-3)68-62(65)56-53-50-47-44-41-38-35-32-29-26-23-20-17-14-11-8-5-2/h15,17-18,20,24,26-27,29,35,38,44,47,59H,4-14,16,19,21-23,25,28,30-34,36-37,39-43,45-46,48-58H2,1-3H3/b18-15-,20-17-,27-24-,29-26-,38-35-,47-44-/t59-/m1/s1. The van der Waals surface area contributed by atoms with Crippen LogP contribution in [0.25, 0.3) is 0 Å². The van der Waals surface area contributed by atoms with E-state index in [1.54, 1.807) is 0 Å². The van der Waals surface area contributed by atoms with Crippen molar-refractivity contribution in [3.8, 4) is 0 Å². The summed E-state index contributed by atoms with van der Waals surface area (Å²) in [5.74, 6) is -0.961. The minimum Gasteiger partial charge on any atom is -0.462 e. The maximum absolute atomic E-state index is 12.8. The molecule has 392 valence electrons. The van der Waals surface area contributed by atoms with Crippen LogP contribution in [0.4, 0.5) is 0 Å². The van der Waals surface area contributed by atoms with Gasteiger partial charge in [-0.3, -0.25) is 14.4 Å². The van der Waals surface area contributed by atoms with Crippen LogP contribution in [-0.4, -0.2) is 37.2 Å². The highest BCUT2D eigenvalue weighted by Crippen LogP contribution is 2.16. The SMILES string of the molecule is CCCC/C=C\C/C=C\CCCCCCCC(=O)OC[C@H](COC(=O)CCCCCCCCCCCCCCCCCCCCC)OC(=O)CCC/C=C\C/C=C\C/C=C\C/C=C\CCCCC. The van der Waals surface area contributed by atoms with E-state index in [0.717, 1.165) is 89.9 Å². The number of carbonyl (C=O) groups excluding carboxylic acids is 3. The Bertz CT molecular complexity index is 1270. The van der Waals surface area contributed by atoms with E-state index in [4.69, 9.17) is 14.2 Å². The van der Waals surface area contributed by atoms with E-state index in [0.29, 0.717) is 19.3 Å². The fourth-order valence-corrected chi connectivity index (χ4v) is 8.04. The van der Waals surface area contributed by atoms with Crippen molar-refractivity contribution < 1.29 is 28.6 Å². The highest BCUT2D eigenvalue weighted by molar-refractivity contribution is 5.71. The molecule has 0 aliphatic heterocycles. The molecule has 0 unspecified atom stereocenters. The van der Waals surface area contributed by atoms with Crippen LogP contribution >= 0.6 is 0 Å². The Balaban J connectivity index is 4.44. The Hall–Kier alpha value is -3.15. The molecular weight excluding hydrogens is 841 g/mol. The Morgan fingerprint density at radius 1 is 0.294 bits per heavy atom. The third-order valence-electron chi connectivity index (χ3n) is 12.4. The van der Waals surface area contributed by atoms with E-state index >= 15 is 0 Å². The molecule has 1 atom stereocenters. The fraction of sp³-hybridized carbons (Fsp3) is 0.758. The van der Waals surface area contributed by atoms with Gasteiger partial charge in [-0.05, 0) is 83.5 Å². The van der Waals surface area contributed by atoms with E-state index in [1.807, 2.05) is 0 Å². The molecule has 0 radical (unpaired) electrons. The van der Waals surface area contributed by atoms with Crippen LogP contribution < -0.4 is 0 Å². The van der Waals surface area contributed by atoms with Gasteiger partial charge in [-0.25, -0.2) is 0 Å². The molecule has 0 aromatic carbocycles. The molecule has 0 bridgehead atoms. The molecule has 0 aliphatic rings. The Kier molecular flexibility index (Phi) is 53.8. The van der Waals surface area contributed by atoms with Crippen molar-refractivity contribution in [2.75, 3.05) is 13.2 Å². The molecule has 6 heteroatoms. The van der Waals surface area contributed by atoms with Crippen LogP contribution in [0, 0.1) is 0 Å². The Labute approximate surface area is 421 Å². The lowest BCUT2D eigenvalue weighted by molar-refractivity contribution is -0.167. The molecule has 68 heavy (non-hydrogen) atoms. The first-order valence-corrected chi connectivity index (χ1v) is 28.9. The van der Waals surface area contributed by atoms with Crippen molar-refractivity contribution in [3.63, 3.8) is 0 Å². The number of carbonyl (C=O) groups is 3. The van der Waals surface area contributed by atoms with E-state index in [2.05, 4.69) is 93.7 Å². The molecule has 0 aromatic rings. The number of allylic oxidation sites excluding steroid dienone is 12. The number of ether oxygens (including phenoxy) is 3. The highest BCUT2D eigenvalue weighted by atomic mass is 16.6. The first-order valence-electron chi connectivity index (χ1n) is 28.9. The van der Waals surface area contributed by atoms with Gasteiger partial charge < -0.3 is 14.2 Å². The maximum atomic E-state index is 12.8. The van der Waals surface area contributed by atoms with Gasteiger partial charge in [0.15, 0.2) is 6.10 Å². The van der Waals surface area contributed by atoms with Crippen LogP contribution in [0.3, 0.4) is 0 Å². The molecule has 6 nitrogen and oxygen atoms in total. The normalized spacial score (nSPS) is 12.6. The van der Waals surface area contributed by atoms with Crippen LogP contribution in [0.15, 0.2) is 72.9 Å². The van der Waals surface area contributed by atoms with Crippen LogP contribution in [0.2, 0.25) is 0 Å². The van der Waals surface area contributed by atoms with Gasteiger partial charge >= 0.3 is 17.9 Å². The van der Waals surface area contributed by atoms with Gasteiger partial charge in [0.1, 0.15) is 13.2 Å². The molecule has 0 aromatic heterocycles. The Morgan fingerprint density at radius 2 is 0.559 bits per heavy atom. The van der Waals surface area contributed by atoms with Gasteiger partial charge in [0.25, 0.3) is 0 Å². The molecular formula is C62H108O6. The maximum Gasteiger partial charge on any atom is 0.306 e. The summed E-state index contributed by atoms with van der Waals surface area (Å²) in [6, 6.07) is 0. The van der Waals surface area contributed by atoms with Gasteiger partial charge in [-0.15, -0.1) is 0 Å². The zero-order valence-corrected chi connectivity index (χ0v) is 44.9. The zero-order valence-electron chi connectivity index (χ0n) is 44.9. The molecule has 0 heterocycles. The largest absolute Gasteiger partial charge is 0.462 e. The van der Waals surface area contributed by atoms with Crippen molar-refractivity contribution in [1.82, 2.24) is 0 Å². The number of unbranched alkanes of at least 4 members (excludes halogenated alkanes) is 29. The molecule has 0 rings (SSSR count). The summed E-state index contributed by atoms with van der Waals surface area (Å²) in [5, 5.41) is 0. The highest BCUT2D eigenvalue weighted by Gasteiger charge is 2.19. The van der Waals surface area contributed by atoms with Crippen molar-refractivity contribution in [2.45, 2.75) is 290 Å². The smallest absolute Gasteiger partial charge is 0.306 e. The predicted octanol–water partition coefficient (Wildman–Crippen LogP) is 19.4. The van der Waals surface area contributed by atoms with Gasteiger partial charge in [0.05, 0.1) is 0 Å². The molecule has 0 amide bonds. The van der Waals surface area contributed by atoms with E-state index in [9.17, 15) is 14.4 Å². The molecule has 0 fully saturated rings. The first kappa shape index (κ1) is 64.8. The summed E-state index contributed by atoms with van der Waals surface area (Å²) in [5.41, 5.74) is 0. The van der Waals surface area contributed by atoms with E-state index < -0.39 is 6.10 Å². The quantitative estimate of drug-likeness (QED) is 0.0262. The summed E-state index contributed by atoms with van der Waals surface area (Å²) in [7, 11) is 0. The fourth-order valence-electron chi connectivity index (χ4n) is 8.04. The average molecular weight is 950 g/mol. The second-order valence-electron chi connectivity index (χ2n) is 19.2. The second-order valence-corrected chi connectivity index (χ2v) is 19.2. The zero-order chi connectivity index (χ0) is 49.3. The summed E-state index contributed by atoms with van der Waals surface area (Å²) in [6.07, 6.45) is 71.8. The lowest BCUT2D eigenvalue weighted by atomic mass is 10.0. The lowest BCUT2D eigenvalue weighted by Crippen LogP contribution is -2.30. The summed E-state index contributed by atoms with van der Waals surface area (Å²) >= 11 is 0. The molecule has 0 saturated heterocycles. The topological polar surface area (TPSA) is 78.9 Å². The molecule has 0 aliphatic carbocycles. The third-order valence-corrected chi connectivity index (χ3v) is 12.4. The third kappa shape index (κ3) is 53.8. The number of rotatable bonds is 52. The summed E-state index contributed by atoms with van der Waals surface area (Å²) in [4.78, 5) is 38.1. The van der Waals surface area contributed by atoms with Crippen LogP contribution in [-0.2, 0) is 28.6 Å². The second kappa shape index (κ2) is 56.4. The van der Waals surface area contributed by atoms with Gasteiger partial charge in [-0.1, -0.05) is 254 Å². The van der Waals surface area contributed by atoms with Gasteiger partial charge in [0, 0.05) is 19.3 Å². The van der Waals surface area contributed by atoms with Gasteiger partial charge in [0.2, 0.25) is 0 Å². The minimum absolute atomic E-state index is 0.0995. The minimum atomic E-state index is -0.808. The van der Waals surface area contributed by atoms with Crippen molar-refractivity contribution in [1.29, 1.82) is 0 Å². The summed E-state index contributed by atoms with van der Waals surface area (Å²) in [6.45, 7) is 6.54. The average Bonchev–Trinajstić information content (AvgIpc) is 3.34. The number of hydrogen-bond acceptors (Lipinski definition) is 6. The number of hydrogen-bond donors (Lipinski definition) is 0. The molecule has 0 N–H and O–H groups in total. The predicted molar refractivity (Wildman–Crippen MR) is 293 cm³/mol. The van der Waals surface area contributed by atoms with E-state index in [-0.39, 0.29) is 37.5 Å². The molecule has 0 spiro atoms. The lowest BCUT2D eigenvalue weighted by Gasteiger charge is -2.18.